The summed E-state index contributed by atoms with van der Waals surface area (Å²) in [6.45, 7) is 4.54. The first-order valence-corrected chi connectivity index (χ1v) is 11.0. The summed E-state index contributed by atoms with van der Waals surface area (Å²) < 4.78 is 11.9. The van der Waals surface area contributed by atoms with E-state index in [0.717, 1.165) is 30.2 Å². The van der Waals surface area contributed by atoms with Crippen molar-refractivity contribution < 1.29 is 14.3 Å². The zero-order valence-electron chi connectivity index (χ0n) is 18.1. The maximum Gasteiger partial charge on any atom is 0.263 e. The molecule has 1 unspecified atom stereocenters. The van der Waals surface area contributed by atoms with Gasteiger partial charge in [0.15, 0.2) is 6.10 Å². The molecule has 7 nitrogen and oxygen atoms in total. The number of amides is 1. The maximum absolute atomic E-state index is 13.1. The monoisotopic (exact) mass is 430 g/mol. The number of fused-ring (bicyclic) bond motifs is 1. The summed E-state index contributed by atoms with van der Waals surface area (Å²) in [5, 5.41) is 0. The molecule has 7 heteroatoms. The Morgan fingerprint density at radius 1 is 1.00 bits per heavy atom. The molecular weight excluding hydrogens is 404 g/mol. The van der Waals surface area contributed by atoms with E-state index in [4.69, 9.17) is 9.47 Å². The summed E-state index contributed by atoms with van der Waals surface area (Å²) in [4.78, 5) is 26.1. The van der Waals surface area contributed by atoms with Crippen LogP contribution in [0.3, 0.4) is 0 Å². The Morgan fingerprint density at radius 3 is 2.56 bits per heavy atom. The highest BCUT2D eigenvalue weighted by Gasteiger charge is 2.32. The summed E-state index contributed by atoms with van der Waals surface area (Å²) >= 11 is 0. The number of aromatic nitrogens is 2. The van der Waals surface area contributed by atoms with Crippen LogP contribution in [0.2, 0.25) is 0 Å². The lowest BCUT2D eigenvalue weighted by atomic mass is 10.0. The van der Waals surface area contributed by atoms with Crippen molar-refractivity contribution in [2.24, 2.45) is 0 Å². The first kappa shape index (κ1) is 20.3. The Kier molecular flexibility index (Phi) is 5.62. The van der Waals surface area contributed by atoms with E-state index in [9.17, 15) is 4.79 Å². The second kappa shape index (κ2) is 8.86. The van der Waals surface area contributed by atoms with E-state index < -0.39 is 6.10 Å². The molecule has 1 amide bonds. The van der Waals surface area contributed by atoms with Crippen molar-refractivity contribution >= 4 is 11.7 Å². The smallest absolute Gasteiger partial charge is 0.263 e. The van der Waals surface area contributed by atoms with Crippen molar-refractivity contribution in [3.05, 3.63) is 72.1 Å². The van der Waals surface area contributed by atoms with Crippen LogP contribution in [-0.2, 0) is 11.2 Å². The zero-order chi connectivity index (χ0) is 21.9. The second-order valence-electron chi connectivity index (χ2n) is 8.09. The number of carbonyl (C=O) groups is 1. The van der Waals surface area contributed by atoms with Crippen LogP contribution in [0.25, 0.3) is 0 Å². The quantitative estimate of drug-likeness (QED) is 0.630. The Labute approximate surface area is 187 Å². The lowest BCUT2D eigenvalue weighted by molar-refractivity contribution is -0.139. The Balaban J connectivity index is 1.22. The predicted octanol–water partition coefficient (Wildman–Crippen LogP) is 3.62. The number of anilines is 1. The van der Waals surface area contributed by atoms with Crippen LogP contribution in [0.1, 0.15) is 17.8 Å². The Morgan fingerprint density at radius 2 is 1.75 bits per heavy atom. The van der Waals surface area contributed by atoms with E-state index in [1.807, 2.05) is 66.4 Å². The molecular formula is C25H26N4O3. The van der Waals surface area contributed by atoms with Gasteiger partial charge in [-0.05, 0) is 43.5 Å². The van der Waals surface area contributed by atoms with E-state index in [2.05, 4.69) is 20.9 Å². The number of hydrogen-bond donors (Lipinski definition) is 0. The average Bonchev–Trinajstić information content (AvgIpc) is 2.84. The van der Waals surface area contributed by atoms with Gasteiger partial charge in [0.2, 0.25) is 5.88 Å². The van der Waals surface area contributed by atoms with Gasteiger partial charge in [-0.3, -0.25) is 4.79 Å². The molecule has 1 fully saturated rings. The molecule has 1 atom stereocenters. The van der Waals surface area contributed by atoms with E-state index >= 15 is 0 Å². The van der Waals surface area contributed by atoms with Crippen molar-refractivity contribution in [3.63, 3.8) is 0 Å². The van der Waals surface area contributed by atoms with E-state index in [1.54, 1.807) is 0 Å². The molecule has 0 spiro atoms. The molecule has 32 heavy (non-hydrogen) atoms. The molecule has 0 saturated carbocycles. The highest BCUT2D eigenvalue weighted by Crippen LogP contribution is 2.28. The molecule has 2 aliphatic rings. The van der Waals surface area contributed by atoms with E-state index in [1.165, 1.54) is 5.56 Å². The number of nitrogens with zero attached hydrogens (tertiary/aromatic N) is 4. The van der Waals surface area contributed by atoms with Gasteiger partial charge in [-0.15, -0.1) is 0 Å². The minimum Gasteiger partial charge on any atom is -0.480 e. The normalized spacial score (nSPS) is 18.0. The number of carbonyl (C=O) groups excluding carboxylic acids is 1. The first-order chi connectivity index (χ1) is 15.7. The van der Waals surface area contributed by atoms with Gasteiger partial charge >= 0.3 is 0 Å². The SMILES string of the molecule is Cc1nc(Oc2ccccc2)cc(N2CCN(C(=O)C3CCc4ccccc4O3)CC2)n1. The zero-order valence-corrected chi connectivity index (χ0v) is 18.1. The number of ether oxygens (including phenoxy) is 2. The highest BCUT2D eigenvalue weighted by molar-refractivity contribution is 5.82. The van der Waals surface area contributed by atoms with Crippen LogP contribution in [0, 0.1) is 6.92 Å². The van der Waals surface area contributed by atoms with Gasteiger partial charge in [-0.25, -0.2) is 4.98 Å². The van der Waals surface area contributed by atoms with Crippen LogP contribution in [0.15, 0.2) is 60.7 Å². The van der Waals surface area contributed by atoms with Crippen molar-refractivity contribution in [1.82, 2.24) is 14.9 Å². The lowest BCUT2D eigenvalue weighted by Crippen LogP contribution is -2.53. The van der Waals surface area contributed by atoms with Gasteiger partial charge in [-0.1, -0.05) is 36.4 Å². The fourth-order valence-corrected chi connectivity index (χ4v) is 4.21. The molecule has 5 rings (SSSR count). The molecule has 0 radical (unpaired) electrons. The molecule has 0 N–H and O–H groups in total. The van der Waals surface area contributed by atoms with Crippen LogP contribution < -0.4 is 14.4 Å². The number of para-hydroxylation sites is 2. The average molecular weight is 431 g/mol. The van der Waals surface area contributed by atoms with Gasteiger partial charge < -0.3 is 19.3 Å². The van der Waals surface area contributed by atoms with Crippen LogP contribution in [0.5, 0.6) is 17.4 Å². The number of piperazine rings is 1. The molecule has 1 aromatic heterocycles. The minimum absolute atomic E-state index is 0.0751. The number of hydrogen-bond acceptors (Lipinski definition) is 6. The molecule has 2 aromatic carbocycles. The first-order valence-electron chi connectivity index (χ1n) is 11.0. The standard InChI is InChI=1S/C25H26N4O3/c1-18-26-23(17-24(27-18)31-20-8-3-2-4-9-20)28-13-15-29(16-14-28)25(30)22-12-11-19-7-5-6-10-21(19)32-22/h2-10,17,22H,11-16H2,1H3. The molecule has 0 bridgehead atoms. The molecule has 3 heterocycles. The maximum atomic E-state index is 13.1. The third-order valence-corrected chi connectivity index (χ3v) is 5.88. The predicted molar refractivity (Wildman–Crippen MR) is 121 cm³/mol. The van der Waals surface area contributed by atoms with Crippen molar-refractivity contribution in [1.29, 1.82) is 0 Å². The summed E-state index contributed by atoms with van der Waals surface area (Å²) in [5.74, 6) is 3.64. The number of rotatable bonds is 4. The number of aryl methyl sites for hydroxylation is 2. The molecule has 3 aromatic rings. The van der Waals surface area contributed by atoms with E-state index in [0.29, 0.717) is 37.9 Å². The molecule has 0 aliphatic carbocycles. The molecule has 2 aliphatic heterocycles. The van der Waals surface area contributed by atoms with Crippen LogP contribution >= 0.6 is 0 Å². The molecule has 164 valence electrons. The lowest BCUT2D eigenvalue weighted by Gasteiger charge is -2.37. The fourth-order valence-electron chi connectivity index (χ4n) is 4.21. The summed E-state index contributed by atoms with van der Waals surface area (Å²) in [6.07, 6.45) is 1.20. The van der Waals surface area contributed by atoms with Crippen LogP contribution in [0.4, 0.5) is 5.82 Å². The number of benzene rings is 2. The largest absolute Gasteiger partial charge is 0.480 e. The van der Waals surface area contributed by atoms with Crippen molar-refractivity contribution in [2.75, 3.05) is 31.1 Å². The van der Waals surface area contributed by atoms with Gasteiger partial charge in [0.25, 0.3) is 5.91 Å². The van der Waals surface area contributed by atoms with Crippen molar-refractivity contribution in [3.8, 4) is 17.4 Å². The highest BCUT2D eigenvalue weighted by atomic mass is 16.5. The minimum atomic E-state index is -0.399. The Bertz CT molecular complexity index is 1100. The summed E-state index contributed by atoms with van der Waals surface area (Å²) in [6, 6.07) is 19.4. The topological polar surface area (TPSA) is 67.8 Å². The van der Waals surface area contributed by atoms with Crippen molar-refractivity contribution in [2.45, 2.75) is 25.9 Å². The fraction of sp³-hybridized carbons (Fsp3) is 0.320. The van der Waals surface area contributed by atoms with Gasteiger partial charge in [0.1, 0.15) is 23.1 Å². The Hall–Kier alpha value is -3.61. The van der Waals surface area contributed by atoms with Crippen LogP contribution in [-0.4, -0.2) is 53.1 Å². The third kappa shape index (κ3) is 4.37. The van der Waals surface area contributed by atoms with Gasteiger partial charge in [0, 0.05) is 32.2 Å². The van der Waals surface area contributed by atoms with Gasteiger partial charge in [0.05, 0.1) is 0 Å². The molecule has 1 saturated heterocycles. The third-order valence-electron chi connectivity index (χ3n) is 5.88. The summed E-state index contributed by atoms with van der Waals surface area (Å²) in [7, 11) is 0. The second-order valence-corrected chi connectivity index (χ2v) is 8.09. The van der Waals surface area contributed by atoms with E-state index in [-0.39, 0.29) is 5.91 Å². The van der Waals surface area contributed by atoms with Gasteiger partial charge in [-0.2, -0.15) is 4.98 Å². The summed E-state index contributed by atoms with van der Waals surface area (Å²) in [5.41, 5.74) is 1.18.